The molecule has 3 aromatic rings. The SMILES string of the molecule is CC(=O)N1c2ccc(-c3ccc(S(C)(=O)=O)cc3)cc2N(C(=O)c2cccc(N)c2)CC1C. The average molecular weight is 464 g/mol. The van der Waals surface area contributed by atoms with Crippen molar-refractivity contribution in [1.29, 1.82) is 0 Å². The van der Waals surface area contributed by atoms with E-state index in [1.165, 1.54) is 6.92 Å². The molecule has 7 nitrogen and oxygen atoms in total. The van der Waals surface area contributed by atoms with Crippen molar-refractivity contribution in [1.82, 2.24) is 0 Å². The van der Waals surface area contributed by atoms with Gasteiger partial charge in [-0.25, -0.2) is 8.42 Å². The molecule has 1 heterocycles. The number of carbonyl (C=O) groups is 2. The Bertz CT molecular complexity index is 1350. The lowest BCUT2D eigenvalue weighted by atomic mass is 10.00. The van der Waals surface area contributed by atoms with Crippen LogP contribution in [0.2, 0.25) is 0 Å². The van der Waals surface area contributed by atoms with Gasteiger partial charge in [0.1, 0.15) is 0 Å². The second-order valence-corrected chi connectivity index (χ2v) is 10.3. The normalized spacial score (nSPS) is 15.8. The Kier molecular flexibility index (Phi) is 5.71. The van der Waals surface area contributed by atoms with Crippen LogP contribution in [0.1, 0.15) is 24.2 Å². The lowest BCUT2D eigenvalue weighted by molar-refractivity contribution is -0.117. The Balaban J connectivity index is 1.82. The zero-order valence-electron chi connectivity index (χ0n) is 18.6. The number of rotatable bonds is 3. The van der Waals surface area contributed by atoms with E-state index in [4.69, 9.17) is 5.73 Å². The smallest absolute Gasteiger partial charge is 0.258 e. The molecule has 33 heavy (non-hydrogen) atoms. The number of amides is 2. The second kappa shape index (κ2) is 8.37. The van der Waals surface area contributed by atoms with E-state index in [9.17, 15) is 18.0 Å². The Morgan fingerprint density at radius 3 is 2.21 bits per heavy atom. The molecular weight excluding hydrogens is 438 g/mol. The van der Waals surface area contributed by atoms with Crippen LogP contribution in [0.25, 0.3) is 11.1 Å². The molecule has 1 unspecified atom stereocenters. The fourth-order valence-corrected chi connectivity index (χ4v) is 4.83. The fraction of sp³-hybridized carbons (Fsp3) is 0.200. The number of benzene rings is 3. The Morgan fingerprint density at radius 2 is 1.61 bits per heavy atom. The summed E-state index contributed by atoms with van der Waals surface area (Å²) in [5, 5.41) is 0. The van der Waals surface area contributed by atoms with Crippen LogP contribution in [0.4, 0.5) is 17.1 Å². The third-order valence-electron chi connectivity index (χ3n) is 5.75. The lowest BCUT2D eigenvalue weighted by Gasteiger charge is -2.41. The van der Waals surface area contributed by atoms with Gasteiger partial charge in [-0.2, -0.15) is 0 Å². The molecule has 3 aromatic carbocycles. The number of fused-ring (bicyclic) bond motifs is 1. The molecule has 170 valence electrons. The van der Waals surface area contributed by atoms with E-state index in [-0.39, 0.29) is 22.8 Å². The molecule has 1 atom stereocenters. The quantitative estimate of drug-likeness (QED) is 0.597. The molecule has 0 fully saturated rings. The molecule has 8 heteroatoms. The third kappa shape index (κ3) is 4.34. The molecule has 0 saturated carbocycles. The van der Waals surface area contributed by atoms with Gasteiger partial charge in [-0.05, 0) is 60.5 Å². The summed E-state index contributed by atoms with van der Waals surface area (Å²) in [7, 11) is -3.30. The highest BCUT2D eigenvalue weighted by atomic mass is 32.2. The number of nitrogens with two attached hydrogens (primary N) is 1. The van der Waals surface area contributed by atoms with Gasteiger partial charge in [-0.3, -0.25) is 9.59 Å². The van der Waals surface area contributed by atoms with Gasteiger partial charge in [0, 0.05) is 31.0 Å². The van der Waals surface area contributed by atoms with Crippen molar-refractivity contribution < 1.29 is 18.0 Å². The first-order chi connectivity index (χ1) is 15.6. The maximum absolute atomic E-state index is 13.4. The molecule has 2 N–H and O–H groups in total. The molecule has 0 aromatic heterocycles. The average Bonchev–Trinajstić information content (AvgIpc) is 2.77. The van der Waals surface area contributed by atoms with Gasteiger partial charge in [-0.1, -0.05) is 24.3 Å². The van der Waals surface area contributed by atoms with Crippen molar-refractivity contribution >= 4 is 38.7 Å². The van der Waals surface area contributed by atoms with Crippen molar-refractivity contribution in [3.8, 4) is 11.1 Å². The first-order valence-electron chi connectivity index (χ1n) is 10.5. The zero-order valence-corrected chi connectivity index (χ0v) is 19.5. The van der Waals surface area contributed by atoms with Crippen molar-refractivity contribution in [3.63, 3.8) is 0 Å². The van der Waals surface area contributed by atoms with E-state index < -0.39 is 9.84 Å². The van der Waals surface area contributed by atoms with Crippen LogP contribution in [0.3, 0.4) is 0 Å². The number of nitrogen functional groups attached to an aromatic ring is 1. The molecule has 1 aliphatic rings. The van der Waals surface area contributed by atoms with E-state index >= 15 is 0 Å². The minimum atomic E-state index is -3.30. The van der Waals surface area contributed by atoms with Crippen LogP contribution in [-0.4, -0.2) is 39.1 Å². The standard InChI is InChI=1S/C25H25N3O4S/c1-16-15-27(25(30)20-5-4-6-21(26)13-20)24-14-19(9-12-23(24)28(16)17(2)29)18-7-10-22(11-8-18)33(3,31)32/h4-14,16H,15,26H2,1-3H3. The summed E-state index contributed by atoms with van der Waals surface area (Å²) in [5.41, 5.74) is 9.71. The molecule has 0 saturated heterocycles. The summed E-state index contributed by atoms with van der Waals surface area (Å²) in [6, 6.07) is 18.7. The number of nitrogens with zero attached hydrogens (tertiary/aromatic N) is 2. The van der Waals surface area contributed by atoms with Gasteiger partial charge < -0.3 is 15.5 Å². The fourth-order valence-electron chi connectivity index (χ4n) is 4.20. The van der Waals surface area contributed by atoms with Crippen LogP contribution in [-0.2, 0) is 14.6 Å². The summed E-state index contributed by atoms with van der Waals surface area (Å²) in [5.74, 6) is -0.312. The van der Waals surface area contributed by atoms with E-state index in [1.54, 1.807) is 58.3 Å². The van der Waals surface area contributed by atoms with Crippen LogP contribution < -0.4 is 15.5 Å². The monoisotopic (exact) mass is 463 g/mol. The number of carbonyl (C=O) groups excluding carboxylic acids is 2. The molecule has 2 amide bonds. The summed E-state index contributed by atoms with van der Waals surface area (Å²) in [6.07, 6.45) is 1.16. The van der Waals surface area contributed by atoms with Gasteiger partial charge in [0.15, 0.2) is 9.84 Å². The summed E-state index contributed by atoms with van der Waals surface area (Å²) < 4.78 is 23.6. The van der Waals surface area contributed by atoms with Gasteiger partial charge >= 0.3 is 0 Å². The maximum atomic E-state index is 13.4. The summed E-state index contributed by atoms with van der Waals surface area (Å²) in [4.78, 5) is 29.4. The largest absolute Gasteiger partial charge is 0.399 e. The van der Waals surface area contributed by atoms with E-state index in [0.29, 0.717) is 29.2 Å². The lowest BCUT2D eigenvalue weighted by Crippen LogP contribution is -2.51. The molecule has 4 rings (SSSR count). The Hall–Kier alpha value is -3.65. The van der Waals surface area contributed by atoms with Crippen molar-refractivity contribution in [2.45, 2.75) is 24.8 Å². The van der Waals surface area contributed by atoms with Crippen molar-refractivity contribution in [2.75, 3.05) is 28.3 Å². The van der Waals surface area contributed by atoms with Crippen LogP contribution in [0.15, 0.2) is 71.6 Å². The molecule has 0 aliphatic carbocycles. The first-order valence-corrected chi connectivity index (χ1v) is 12.4. The Labute approximate surface area is 193 Å². The number of anilines is 3. The highest BCUT2D eigenvalue weighted by Crippen LogP contribution is 2.39. The Morgan fingerprint density at radius 1 is 0.939 bits per heavy atom. The second-order valence-electron chi connectivity index (χ2n) is 8.28. The molecular formula is C25H25N3O4S. The third-order valence-corrected chi connectivity index (χ3v) is 6.88. The maximum Gasteiger partial charge on any atom is 0.258 e. The summed E-state index contributed by atoms with van der Waals surface area (Å²) in [6.45, 7) is 3.74. The minimum absolute atomic E-state index is 0.106. The van der Waals surface area contributed by atoms with Gasteiger partial charge in [0.2, 0.25) is 5.91 Å². The molecule has 1 aliphatic heterocycles. The van der Waals surface area contributed by atoms with Gasteiger partial charge in [-0.15, -0.1) is 0 Å². The number of hydrogen-bond donors (Lipinski definition) is 1. The van der Waals surface area contributed by atoms with Gasteiger partial charge in [0.05, 0.1) is 22.3 Å². The summed E-state index contributed by atoms with van der Waals surface area (Å²) >= 11 is 0. The minimum Gasteiger partial charge on any atom is -0.399 e. The predicted molar refractivity (Wildman–Crippen MR) is 130 cm³/mol. The van der Waals surface area contributed by atoms with E-state index in [1.807, 2.05) is 25.1 Å². The van der Waals surface area contributed by atoms with Crippen molar-refractivity contribution in [2.24, 2.45) is 0 Å². The van der Waals surface area contributed by atoms with E-state index in [2.05, 4.69) is 0 Å². The van der Waals surface area contributed by atoms with Gasteiger partial charge in [0.25, 0.3) is 5.91 Å². The highest BCUT2D eigenvalue weighted by Gasteiger charge is 2.34. The highest BCUT2D eigenvalue weighted by molar-refractivity contribution is 7.90. The van der Waals surface area contributed by atoms with E-state index in [0.717, 1.165) is 17.4 Å². The molecule has 0 spiro atoms. The van der Waals surface area contributed by atoms with Crippen LogP contribution >= 0.6 is 0 Å². The first kappa shape index (κ1) is 22.5. The number of sulfone groups is 1. The molecule has 0 bridgehead atoms. The van der Waals surface area contributed by atoms with Crippen LogP contribution in [0, 0.1) is 0 Å². The topological polar surface area (TPSA) is 101 Å². The predicted octanol–water partition coefficient (Wildman–Crippen LogP) is 3.74. The number of hydrogen-bond acceptors (Lipinski definition) is 5. The van der Waals surface area contributed by atoms with Crippen LogP contribution in [0.5, 0.6) is 0 Å². The zero-order chi connectivity index (χ0) is 23.9. The molecule has 0 radical (unpaired) electrons. The van der Waals surface area contributed by atoms with Crippen molar-refractivity contribution in [3.05, 3.63) is 72.3 Å².